The lowest BCUT2D eigenvalue weighted by Gasteiger charge is -2.27. The normalized spacial score (nSPS) is 20.7. The molecule has 1 saturated heterocycles. The lowest BCUT2D eigenvalue weighted by Crippen LogP contribution is -2.31. The summed E-state index contributed by atoms with van der Waals surface area (Å²) in [6, 6.07) is 17.3. The molecule has 118 valence electrons. The molecule has 1 atom stereocenters. The van der Waals surface area contributed by atoms with Crippen molar-refractivity contribution in [2.24, 2.45) is 0 Å². The van der Waals surface area contributed by atoms with Crippen LogP contribution in [0.4, 0.5) is 0 Å². The zero-order valence-electron chi connectivity index (χ0n) is 13.5. The highest BCUT2D eigenvalue weighted by Gasteiger charge is 2.34. The van der Waals surface area contributed by atoms with Gasteiger partial charge < -0.3 is 0 Å². The number of fused-ring (bicyclic) bond motifs is 1. The summed E-state index contributed by atoms with van der Waals surface area (Å²) in [4.78, 5) is 0. The van der Waals surface area contributed by atoms with Crippen molar-refractivity contribution >= 4 is 17.3 Å². The predicted octanol–water partition coefficient (Wildman–Crippen LogP) is 4.86. The van der Waals surface area contributed by atoms with Crippen LogP contribution >= 0.6 is 11.6 Å². The molecule has 4 rings (SSSR count). The van der Waals surface area contributed by atoms with E-state index in [0.717, 1.165) is 24.3 Å². The molecule has 0 aromatic heterocycles. The number of nitrogens with zero attached hydrogens (tertiary/aromatic N) is 1. The molecule has 0 amide bonds. The Bertz CT molecular complexity index is 725. The van der Waals surface area contributed by atoms with Gasteiger partial charge in [-0.25, -0.2) is 4.58 Å². The minimum atomic E-state index is 0.484. The average Bonchev–Trinajstić information content (AvgIpc) is 3.11. The first-order chi connectivity index (χ1) is 11.3. The molecule has 0 spiro atoms. The average molecular weight is 325 g/mol. The third-order valence-electron chi connectivity index (χ3n) is 5.36. The van der Waals surface area contributed by atoms with Gasteiger partial charge in [-0.05, 0) is 35.6 Å². The number of halogens is 1. The fraction of sp³-hybridized carbons (Fsp3) is 0.381. The van der Waals surface area contributed by atoms with E-state index in [1.807, 2.05) is 6.07 Å². The fourth-order valence-corrected chi connectivity index (χ4v) is 4.51. The number of hydrogen-bond acceptors (Lipinski definition) is 0. The molecular formula is C21H23ClN+. The molecule has 1 aliphatic carbocycles. The van der Waals surface area contributed by atoms with E-state index in [1.165, 1.54) is 42.6 Å². The molecular weight excluding hydrogens is 302 g/mol. The third-order valence-corrected chi connectivity index (χ3v) is 5.71. The molecule has 0 saturated carbocycles. The lowest BCUT2D eigenvalue weighted by molar-refractivity contribution is -0.509. The molecule has 1 heterocycles. The van der Waals surface area contributed by atoms with Crippen molar-refractivity contribution < 1.29 is 4.58 Å². The molecule has 0 N–H and O–H groups in total. The summed E-state index contributed by atoms with van der Waals surface area (Å²) in [5.41, 5.74) is 5.88. The van der Waals surface area contributed by atoms with Gasteiger partial charge in [0.05, 0.1) is 5.92 Å². The van der Waals surface area contributed by atoms with Gasteiger partial charge in [0, 0.05) is 24.3 Å². The van der Waals surface area contributed by atoms with Gasteiger partial charge >= 0.3 is 0 Å². The van der Waals surface area contributed by atoms with Gasteiger partial charge in [0.25, 0.3) is 0 Å². The van der Waals surface area contributed by atoms with Gasteiger partial charge in [-0.3, -0.25) is 0 Å². The molecule has 2 heteroatoms. The summed E-state index contributed by atoms with van der Waals surface area (Å²) >= 11 is 6.49. The van der Waals surface area contributed by atoms with Crippen LogP contribution in [0.25, 0.3) is 0 Å². The van der Waals surface area contributed by atoms with Gasteiger partial charge in [-0.15, -0.1) is 0 Å². The zero-order chi connectivity index (χ0) is 15.6. The highest BCUT2D eigenvalue weighted by atomic mass is 35.5. The summed E-state index contributed by atoms with van der Waals surface area (Å²) in [6.07, 6.45) is 6.01. The molecule has 2 aromatic rings. The first-order valence-corrected chi connectivity index (χ1v) is 9.12. The summed E-state index contributed by atoms with van der Waals surface area (Å²) in [5, 5.41) is 0.945. The quantitative estimate of drug-likeness (QED) is 0.694. The molecule has 0 radical (unpaired) electrons. The van der Waals surface area contributed by atoms with Crippen LogP contribution in [0.2, 0.25) is 5.02 Å². The molecule has 1 unspecified atom stereocenters. The van der Waals surface area contributed by atoms with Crippen LogP contribution < -0.4 is 0 Å². The van der Waals surface area contributed by atoms with Crippen LogP contribution in [0.15, 0.2) is 48.5 Å². The molecule has 23 heavy (non-hydrogen) atoms. The first kappa shape index (κ1) is 15.0. The topological polar surface area (TPSA) is 3.01 Å². The van der Waals surface area contributed by atoms with Crippen LogP contribution in [0, 0.1) is 0 Å². The van der Waals surface area contributed by atoms with Crippen LogP contribution in [0.1, 0.15) is 41.9 Å². The zero-order valence-corrected chi connectivity index (χ0v) is 14.2. The maximum absolute atomic E-state index is 6.49. The summed E-state index contributed by atoms with van der Waals surface area (Å²) < 4.78 is 2.65. The minimum Gasteiger partial charge on any atom is -0.236 e. The molecule has 0 bridgehead atoms. The van der Waals surface area contributed by atoms with Gasteiger partial charge in [0.1, 0.15) is 13.1 Å². The number of hydrogen-bond donors (Lipinski definition) is 0. The second-order valence-electron chi connectivity index (χ2n) is 6.74. The third kappa shape index (κ3) is 2.95. The van der Waals surface area contributed by atoms with E-state index in [-0.39, 0.29) is 0 Å². The molecule has 1 aliphatic heterocycles. The Kier molecular flexibility index (Phi) is 4.22. The highest BCUT2D eigenvalue weighted by Crippen LogP contribution is 2.36. The van der Waals surface area contributed by atoms with E-state index in [0.29, 0.717) is 5.92 Å². The second-order valence-corrected chi connectivity index (χ2v) is 7.14. The Morgan fingerprint density at radius 3 is 2.48 bits per heavy atom. The van der Waals surface area contributed by atoms with Crippen molar-refractivity contribution in [2.45, 2.75) is 38.0 Å². The monoisotopic (exact) mass is 324 g/mol. The maximum atomic E-state index is 6.49. The Hall–Kier alpha value is -1.60. The predicted molar refractivity (Wildman–Crippen MR) is 96.9 cm³/mol. The van der Waals surface area contributed by atoms with E-state index in [2.05, 4.69) is 47.0 Å². The van der Waals surface area contributed by atoms with E-state index >= 15 is 0 Å². The highest BCUT2D eigenvalue weighted by molar-refractivity contribution is 6.31. The Morgan fingerprint density at radius 2 is 1.70 bits per heavy atom. The van der Waals surface area contributed by atoms with E-state index < -0.39 is 0 Å². The minimum absolute atomic E-state index is 0.484. The van der Waals surface area contributed by atoms with Crippen LogP contribution in [-0.4, -0.2) is 23.4 Å². The molecule has 2 aromatic carbocycles. The Balaban J connectivity index is 1.78. The van der Waals surface area contributed by atoms with Gasteiger partial charge in [0.15, 0.2) is 5.71 Å². The fourth-order valence-electron chi connectivity index (χ4n) is 4.23. The van der Waals surface area contributed by atoms with Gasteiger partial charge in [-0.1, -0.05) is 54.1 Å². The lowest BCUT2D eigenvalue weighted by atomic mass is 9.78. The van der Waals surface area contributed by atoms with Crippen molar-refractivity contribution in [3.63, 3.8) is 0 Å². The van der Waals surface area contributed by atoms with E-state index in [9.17, 15) is 0 Å². The van der Waals surface area contributed by atoms with Gasteiger partial charge in [0.2, 0.25) is 0 Å². The first-order valence-electron chi connectivity index (χ1n) is 8.75. The van der Waals surface area contributed by atoms with Crippen molar-refractivity contribution in [1.29, 1.82) is 0 Å². The SMILES string of the molecule is Clc1cccc2c1CCC(=[N+]1CCCC1)C2Cc1ccccc1. The molecule has 2 aliphatic rings. The summed E-state index contributed by atoms with van der Waals surface area (Å²) in [5.74, 6) is 0.484. The van der Waals surface area contributed by atoms with E-state index in [4.69, 9.17) is 11.6 Å². The molecule has 1 fully saturated rings. The van der Waals surface area contributed by atoms with Crippen LogP contribution in [-0.2, 0) is 12.8 Å². The van der Waals surface area contributed by atoms with E-state index in [1.54, 1.807) is 5.71 Å². The van der Waals surface area contributed by atoms with Crippen molar-refractivity contribution in [2.75, 3.05) is 13.1 Å². The summed E-state index contributed by atoms with van der Waals surface area (Å²) in [7, 11) is 0. The standard InChI is InChI=1S/C21H23ClN/c22-20-10-6-9-17-18(20)11-12-21(23-13-4-5-14-23)19(17)15-16-7-2-1-3-8-16/h1-3,6-10,19H,4-5,11-15H2/q+1. The Labute approximate surface area is 143 Å². The second kappa shape index (κ2) is 6.49. The number of benzene rings is 2. The maximum Gasteiger partial charge on any atom is 0.160 e. The van der Waals surface area contributed by atoms with Crippen LogP contribution in [0.5, 0.6) is 0 Å². The van der Waals surface area contributed by atoms with Gasteiger partial charge in [-0.2, -0.15) is 0 Å². The largest absolute Gasteiger partial charge is 0.236 e. The van der Waals surface area contributed by atoms with Crippen molar-refractivity contribution in [1.82, 2.24) is 0 Å². The summed E-state index contributed by atoms with van der Waals surface area (Å²) in [6.45, 7) is 2.47. The van der Waals surface area contributed by atoms with Crippen molar-refractivity contribution in [3.05, 3.63) is 70.2 Å². The molecule has 1 nitrogen and oxygen atoms in total. The number of rotatable bonds is 2. The smallest absolute Gasteiger partial charge is 0.160 e. The van der Waals surface area contributed by atoms with Crippen molar-refractivity contribution in [3.8, 4) is 0 Å². The Morgan fingerprint density at radius 1 is 0.913 bits per heavy atom. The van der Waals surface area contributed by atoms with Crippen LogP contribution in [0.3, 0.4) is 0 Å².